The molecule has 3 rings (SSSR count). The van der Waals surface area contributed by atoms with Crippen LogP contribution in [0.5, 0.6) is 0 Å². The number of nitrogens with zero attached hydrogens (tertiary/aromatic N) is 4. The number of benzene rings is 1. The third kappa shape index (κ3) is 4.18. The van der Waals surface area contributed by atoms with E-state index in [1.165, 1.54) is 12.6 Å². The van der Waals surface area contributed by atoms with Crippen molar-refractivity contribution in [2.24, 2.45) is 5.92 Å². The van der Waals surface area contributed by atoms with Crippen LogP contribution >= 0.6 is 11.6 Å². The highest BCUT2D eigenvalue weighted by molar-refractivity contribution is 7.88. The molecule has 0 radical (unpaired) electrons. The normalized spacial score (nSPS) is 18.3. The first kappa shape index (κ1) is 17.9. The molecule has 132 valence electrons. The topological polar surface area (TPSA) is 79.5 Å². The fraction of sp³-hybridized carbons (Fsp3) is 0.438. The van der Waals surface area contributed by atoms with Crippen molar-refractivity contribution in [1.29, 1.82) is 0 Å². The van der Waals surface area contributed by atoms with Gasteiger partial charge in [0.2, 0.25) is 15.7 Å². The minimum atomic E-state index is -3.20. The molecule has 0 aliphatic carbocycles. The van der Waals surface area contributed by atoms with Crippen LogP contribution in [0.25, 0.3) is 15.7 Å². The van der Waals surface area contributed by atoms with Crippen molar-refractivity contribution < 1.29 is 8.42 Å². The van der Waals surface area contributed by atoms with Gasteiger partial charge in [0.15, 0.2) is 0 Å². The largest absolute Gasteiger partial charge is 0.356 e. The molecule has 1 unspecified atom stereocenters. The molecule has 1 aromatic carbocycles. The van der Waals surface area contributed by atoms with E-state index in [0.717, 1.165) is 30.6 Å². The van der Waals surface area contributed by atoms with Gasteiger partial charge in [0.05, 0.1) is 18.3 Å². The van der Waals surface area contributed by atoms with E-state index < -0.39 is 10.0 Å². The molecule has 25 heavy (non-hydrogen) atoms. The standard InChI is InChI=1S/C16H18ClN5O2S/c1-18-15-6-12-14(7-13(15)17)19-10-20-16(12)22-5-3-4-11(9-22)8-21-25(2,23)24/h6-7,10-11,21H,3-5,8-9H2,2H3. The van der Waals surface area contributed by atoms with Crippen LogP contribution < -0.4 is 9.62 Å². The average Bonchev–Trinajstić information content (AvgIpc) is 2.58. The highest BCUT2D eigenvalue weighted by atomic mass is 35.5. The minimum absolute atomic E-state index is 0.209. The third-order valence-corrected chi connectivity index (χ3v) is 5.25. The van der Waals surface area contributed by atoms with Crippen LogP contribution in [0.2, 0.25) is 5.02 Å². The smallest absolute Gasteiger partial charge is 0.208 e. The van der Waals surface area contributed by atoms with Gasteiger partial charge in [-0.3, -0.25) is 0 Å². The zero-order chi connectivity index (χ0) is 18.0. The van der Waals surface area contributed by atoms with Crippen LogP contribution in [0.1, 0.15) is 12.8 Å². The summed E-state index contributed by atoms with van der Waals surface area (Å²) in [6.45, 7) is 9.18. The summed E-state index contributed by atoms with van der Waals surface area (Å²) in [5, 5.41) is 1.16. The molecule has 1 aliphatic rings. The van der Waals surface area contributed by atoms with Gasteiger partial charge >= 0.3 is 0 Å². The number of hydrogen-bond acceptors (Lipinski definition) is 5. The van der Waals surface area contributed by atoms with Crippen LogP contribution in [-0.4, -0.2) is 44.3 Å². The van der Waals surface area contributed by atoms with Gasteiger partial charge in [-0.05, 0) is 30.9 Å². The first-order valence-electron chi connectivity index (χ1n) is 7.88. The summed E-state index contributed by atoms with van der Waals surface area (Å²) >= 11 is 6.10. The van der Waals surface area contributed by atoms with Crippen LogP contribution in [0.4, 0.5) is 11.5 Å². The van der Waals surface area contributed by atoms with Crippen molar-refractivity contribution in [2.45, 2.75) is 12.8 Å². The third-order valence-electron chi connectivity index (χ3n) is 4.26. The molecule has 1 saturated heterocycles. The zero-order valence-electron chi connectivity index (χ0n) is 13.7. The molecule has 0 amide bonds. The first-order valence-corrected chi connectivity index (χ1v) is 10.2. The van der Waals surface area contributed by atoms with E-state index in [0.29, 0.717) is 29.3 Å². The Morgan fingerprint density at radius 1 is 1.44 bits per heavy atom. The van der Waals surface area contributed by atoms with Gasteiger partial charge in [-0.1, -0.05) is 11.6 Å². The lowest BCUT2D eigenvalue weighted by Gasteiger charge is -2.34. The second-order valence-electron chi connectivity index (χ2n) is 6.20. The van der Waals surface area contributed by atoms with Crippen molar-refractivity contribution in [2.75, 3.05) is 30.8 Å². The summed E-state index contributed by atoms with van der Waals surface area (Å²) in [6.07, 6.45) is 4.57. The van der Waals surface area contributed by atoms with Crippen LogP contribution in [0, 0.1) is 12.5 Å². The van der Waals surface area contributed by atoms with Gasteiger partial charge in [-0.15, -0.1) is 0 Å². The van der Waals surface area contributed by atoms with Gasteiger partial charge in [0.1, 0.15) is 12.1 Å². The fourth-order valence-corrected chi connectivity index (χ4v) is 3.82. The van der Waals surface area contributed by atoms with Crippen molar-refractivity contribution in [3.63, 3.8) is 0 Å². The van der Waals surface area contributed by atoms with Crippen molar-refractivity contribution in [1.82, 2.24) is 14.7 Å². The Hall–Kier alpha value is -1.95. The highest BCUT2D eigenvalue weighted by Gasteiger charge is 2.23. The van der Waals surface area contributed by atoms with Crippen LogP contribution in [-0.2, 0) is 10.0 Å². The first-order chi connectivity index (χ1) is 11.9. The monoisotopic (exact) mass is 379 g/mol. The van der Waals surface area contributed by atoms with E-state index in [1.807, 2.05) is 0 Å². The molecule has 0 spiro atoms. The van der Waals surface area contributed by atoms with Gasteiger partial charge in [-0.2, -0.15) is 0 Å². The van der Waals surface area contributed by atoms with E-state index >= 15 is 0 Å². The number of hydrogen-bond donors (Lipinski definition) is 1. The van der Waals surface area contributed by atoms with E-state index in [1.54, 1.807) is 12.1 Å². The Bertz CT molecular complexity index is 941. The average molecular weight is 380 g/mol. The summed E-state index contributed by atoms with van der Waals surface area (Å²) in [5.41, 5.74) is 1.07. The molecule has 0 saturated carbocycles. The molecule has 7 nitrogen and oxygen atoms in total. The number of sulfonamides is 1. The number of fused-ring (bicyclic) bond motifs is 1. The van der Waals surface area contributed by atoms with Crippen molar-refractivity contribution in [3.05, 3.63) is 34.9 Å². The molecular weight excluding hydrogens is 362 g/mol. The fourth-order valence-electron chi connectivity index (χ4n) is 3.08. The number of aromatic nitrogens is 2. The second kappa shape index (κ2) is 7.12. The molecular formula is C16H18ClN5O2S. The SMILES string of the molecule is [C-]#[N+]c1cc2c(N3CCCC(CNS(C)(=O)=O)C3)ncnc2cc1Cl. The van der Waals surface area contributed by atoms with E-state index in [9.17, 15) is 8.42 Å². The molecule has 2 heterocycles. The summed E-state index contributed by atoms with van der Waals surface area (Å²) in [5.74, 6) is 0.969. The maximum Gasteiger partial charge on any atom is 0.208 e. The summed E-state index contributed by atoms with van der Waals surface area (Å²) < 4.78 is 25.2. The Balaban J connectivity index is 1.89. The number of nitrogens with one attached hydrogen (secondary N) is 1. The van der Waals surface area contributed by atoms with Crippen LogP contribution in [0.3, 0.4) is 0 Å². The molecule has 1 atom stereocenters. The molecule has 2 aromatic rings. The van der Waals surface area contributed by atoms with E-state index in [4.69, 9.17) is 18.2 Å². The number of rotatable bonds is 4. The molecule has 1 aromatic heterocycles. The number of piperidine rings is 1. The molecule has 1 N–H and O–H groups in total. The Labute approximate surface area is 151 Å². The minimum Gasteiger partial charge on any atom is -0.356 e. The second-order valence-corrected chi connectivity index (χ2v) is 8.44. The van der Waals surface area contributed by atoms with Gasteiger partial charge in [0, 0.05) is 30.0 Å². The predicted octanol–water partition coefficient (Wildman–Crippen LogP) is 2.60. The molecule has 9 heteroatoms. The Morgan fingerprint density at radius 2 is 2.24 bits per heavy atom. The predicted molar refractivity (Wildman–Crippen MR) is 98.6 cm³/mol. The summed E-state index contributed by atoms with van der Waals surface area (Å²) in [6, 6.07) is 3.40. The zero-order valence-corrected chi connectivity index (χ0v) is 15.3. The maximum absolute atomic E-state index is 11.3. The van der Waals surface area contributed by atoms with Crippen molar-refractivity contribution in [3.8, 4) is 0 Å². The molecule has 1 aliphatic heterocycles. The van der Waals surface area contributed by atoms with Crippen molar-refractivity contribution >= 4 is 44.0 Å². The van der Waals surface area contributed by atoms with E-state index in [2.05, 4.69) is 24.4 Å². The van der Waals surface area contributed by atoms with Gasteiger partial charge in [0.25, 0.3) is 0 Å². The van der Waals surface area contributed by atoms with Gasteiger partial charge in [-0.25, -0.2) is 28.0 Å². The maximum atomic E-state index is 11.3. The lowest BCUT2D eigenvalue weighted by molar-refractivity contribution is 0.410. The lowest BCUT2D eigenvalue weighted by atomic mass is 9.98. The Kier molecular flexibility index (Phi) is 5.08. The van der Waals surface area contributed by atoms with Crippen LogP contribution in [0.15, 0.2) is 18.5 Å². The highest BCUT2D eigenvalue weighted by Crippen LogP contribution is 2.34. The quantitative estimate of drug-likeness (QED) is 0.826. The molecule has 0 bridgehead atoms. The summed E-state index contributed by atoms with van der Waals surface area (Å²) in [4.78, 5) is 14.2. The van der Waals surface area contributed by atoms with Gasteiger partial charge < -0.3 is 4.90 Å². The summed E-state index contributed by atoms with van der Waals surface area (Å²) in [7, 11) is -3.20. The molecule has 1 fully saturated rings. The lowest BCUT2D eigenvalue weighted by Crippen LogP contribution is -2.41. The number of anilines is 1. The van der Waals surface area contributed by atoms with E-state index in [-0.39, 0.29) is 5.92 Å². The Morgan fingerprint density at radius 3 is 2.96 bits per heavy atom. The number of halogens is 1.